The first-order valence-electron chi connectivity index (χ1n) is 6.20. The van der Waals surface area contributed by atoms with E-state index >= 15 is 0 Å². The fourth-order valence-corrected chi connectivity index (χ4v) is 3.13. The number of nitrogens with zero attached hydrogens (tertiary/aromatic N) is 1. The van der Waals surface area contributed by atoms with E-state index in [-0.39, 0.29) is 5.91 Å². The van der Waals surface area contributed by atoms with Gasteiger partial charge in [-0.2, -0.15) is 0 Å². The maximum Gasteiger partial charge on any atom is 0.254 e. The van der Waals surface area contributed by atoms with E-state index in [1.54, 1.807) is 0 Å². The van der Waals surface area contributed by atoms with Gasteiger partial charge in [-0.1, -0.05) is 24.6 Å². The molecule has 1 saturated carbocycles. The monoisotopic (exact) mass is 215 g/mol. The number of fused-ring (bicyclic) bond motifs is 2. The Bertz CT molecular complexity index is 387. The van der Waals surface area contributed by atoms with E-state index in [0.717, 1.165) is 18.0 Å². The topological polar surface area (TPSA) is 20.3 Å². The van der Waals surface area contributed by atoms with E-state index in [1.165, 1.54) is 25.7 Å². The minimum absolute atomic E-state index is 0.231. The van der Waals surface area contributed by atoms with Crippen molar-refractivity contribution in [2.24, 2.45) is 5.92 Å². The Hall–Kier alpha value is -1.31. The van der Waals surface area contributed by atoms with Gasteiger partial charge in [-0.15, -0.1) is 0 Å². The molecule has 1 aliphatic carbocycles. The van der Waals surface area contributed by atoms with E-state index in [1.807, 2.05) is 30.3 Å². The molecule has 1 aliphatic heterocycles. The SMILES string of the molecule is O=C(c1ccccc1)N1CC2CCCC1C2. The molecule has 3 rings (SSSR count). The van der Waals surface area contributed by atoms with Crippen LogP contribution in [0.15, 0.2) is 30.3 Å². The maximum absolute atomic E-state index is 12.3. The molecule has 0 radical (unpaired) electrons. The highest BCUT2D eigenvalue weighted by Gasteiger charge is 2.37. The van der Waals surface area contributed by atoms with Gasteiger partial charge in [0.15, 0.2) is 0 Å². The lowest BCUT2D eigenvalue weighted by molar-refractivity contribution is 0.0733. The van der Waals surface area contributed by atoms with Crippen LogP contribution in [0.5, 0.6) is 0 Å². The van der Waals surface area contributed by atoms with Gasteiger partial charge in [-0.3, -0.25) is 4.79 Å². The summed E-state index contributed by atoms with van der Waals surface area (Å²) < 4.78 is 0. The van der Waals surface area contributed by atoms with Crippen molar-refractivity contribution in [3.05, 3.63) is 35.9 Å². The summed E-state index contributed by atoms with van der Waals surface area (Å²) >= 11 is 0. The minimum Gasteiger partial charge on any atom is -0.335 e. The Balaban J connectivity index is 1.81. The predicted molar refractivity (Wildman–Crippen MR) is 63.2 cm³/mol. The van der Waals surface area contributed by atoms with Gasteiger partial charge >= 0.3 is 0 Å². The first kappa shape index (κ1) is 9.88. The van der Waals surface area contributed by atoms with Gasteiger partial charge in [0.2, 0.25) is 0 Å². The number of carbonyl (C=O) groups excluding carboxylic acids is 1. The Labute approximate surface area is 96.3 Å². The van der Waals surface area contributed by atoms with E-state index in [9.17, 15) is 4.79 Å². The molecule has 2 unspecified atom stereocenters. The van der Waals surface area contributed by atoms with Crippen molar-refractivity contribution in [2.75, 3.05) is 6.54 Å². The number of hydrogen-bond donors (Lipinski definition) is 0. The van der Waals surface area contributed by atoms with Crippen LogP contribution in [-0.4, -0.2) is 23.4 Å². The van der Waals surface area contributed by atoms with Crippen molar-refractivity contribution < 1.29 is 4.79 Å². The number of carbonyl (C=O) groups is 1. The van der Waals surface area contributed by atoms with E-state index in [2.05, 4.69) is 4.90 Å². The number of amides is 1. The minimum atomic E-state index is 0.231. The largest absolute Gasteiger partial charge is 0.335 e. The average molecular weight is 215 g/mol. The maximum atomic E-state index is 12.3. The molecule has 84 valence electrons. The lowest BCUT2D eigenvalue weighted by atomic mass is 9.90. The van der Waals surface area contributed by atoms with Gasteiger partial charge < -0.3 is 4.90 Å². The summed E-state index contributed by atoms with van der Waals surface area (Å²) in [6.07, 6.45) is 5.05. The lowest BCUT2D eigenvalue weighted by Crippen LogP contribution is -2.35. The second-order valence-electron chi connectivity index (χ2n) is 5.01. The molecular weight excluding hydrogens is 198 g/mol. The van der Waals surface area contributed by atoms with Crippen molar-refractivity contribution in [2.45, 2.75) is 31.7 Å². The van der Waals surface area contributed by atoms with Crippen LogP contribution < -0.4 is 0 Å². The van der Waals surface area contributed by atoms with Crippen molar-refractivity contribution in [3.63, 3.8) is 0 Å². The highest BCUT2D eigenvalue weighted by molar-refractivity contribution is 5.94. The smallest absolute Gasteiger partial charge is 0.254 e. The second kappa shape index (κ2) is 3.93. The van der Waals surface area contributed by atoms with Crippen LogP contribution in [0.1, 0.15) is 36.0 Å². The van der Waals surface area contributed by atoms with Crippen molar-refractivity contribution in [3.8, 4) is 0 Å². The molecule has 2 heteroatoms. The Kier molecular flexibility index (Phi) is 2.43. The average Bonchev–Trinajstić information content (AvgIpc) is 2.64. The van der Waals surface area contributed by atoms with Crippen LogP contribution in [0.3, 0.4) is 0 Å². The fraction of sp³-hybridized carbons (Fsp3) is 0.500. The highest BCUT2D eigenvalue weighted by Crippen LogP contribution is 2.35. The number of hydrogen-bond acceptors (Lipinski definition) is 1. The van der Waals surface area contributed by atoms with Crippen molar-refractivity contribution >= 4 is 5.91 Å². The van der Waals surface area contributed by atoms with E-state index < -0.39 is 0 Å². The molecule has 2 atom stereocenters. The zero-order chi connectivity index (χ0) is 11.0. The molecule has 2 fully saturated rings. The quantitative estimate of drug-likeness (QED) is 0.705. The van der Waals surface area contributed by atoms with Gasteiger partial charge in [0, 0.05) is 18.2 Å². The molecule has 0 spiro atoms. The number of likely N-dealkylation sites (tertiary alicyclic amines) is 1. The molecule has 16 heavy (non-hydrogen) atoms. The predicted octanol–water partition coefficient (Wildman–Crippen LogP) is 2.70. The zero-order valence-corrected chi connectivity index (χ0v) is 9.43. The summed E-state index contributed by atoms with van der Waals surface area (Å²) in [4.78, 5) is 14.4. The third-order valence-corrected chi connectivity index (χ3v) is 3.93. The zero-order valence-electron chi connectivity index (χ0n) is 9.43. The molecule has 2 aliphatic rings. The van der Waals surface area contributed by atoms with Crippen LogP contribution in [0.4, 0.5) is 0 Å². The molecule has 0 aromatic heterocycles. The van der Waals surface area contributed by atoms with E-state index in [4.69, 9.17) is 0 Å². The lowest BCUT2D eigenvalue weighted by Gasteiger charge is -2.24. The standard InChI is InChI=1S/C14H17NO/c16-14(12-6-2-1-3-7-12)15-10-11-5-4-8-13(15)9-11/h1-3,6-7,11,13H,4-5,8-10H2. The number of rotatable bonds is 1. The molecule has 1 heterocycles. The molecule has 1 aromatic rings. The van der Waals surface area contributed by atoms with E-state index in [0.29, 0.717) is 6.04 Å². The summed E-state index contributed by atoms with van der Waals surface area (Å²) in [6, 6.07) is 10.2. The first-order chi connectivity index (χ1) is 7.84. The van der Waals surface area contributed by atoms with Crippen LogP contribution in [0.25, 0.3) is 0 Å². The molecule has 1 amide bonds. The van der Waals surface area contributed by atoms with Crippen LogP contribution in [0, 0.1) is 5.92 Å². The van der Waals surface area contributed by atoms with Crippen molar-refractivity contribution in [1.82, 2.24) is 4.90 Å². The number of benzene rings is 1. The van der Waals surface area contributed by atoms with Gasteiger partial charge in [0.1, 0.15) is 0 Å². The fourth-order valence-electron chi connectivity index (χ4n) is 3.13. The normalized spacial score (nSPS) is 28.1. The molecule has 1 aromatic carbocycles. The molecular formula is C14H17NO. The van der Waals surface area contributed by atoms with Crippen LogP contribution in [0.2, 0.25) is 0 Å². The summed E-state index contributed by atoms with van der Waals surface area (Å²) in [7, 11) is 0. The summed E-state index contributed by atoms with van der Waals surface area (Å²) in [5, 5.41) is 0. The van der Waals surface area contributed by atoms with Crippen LogP contribution in [-0.2, 0) is 0 Å². The van der Waals surface area contributed by atoms with Gasteiger partial charge in [0.25, 0.3) is 5.91 Å². The Morgan fingerprint density at radius 1 is 1.19 bits per heavy atom. The third kappa shape index (κ3) is 1.62. The highest BCUT2D eigenvalue weighted by atomic mass is 16.2. The Morgan fingerprint density at radius 2 is 2.00 bits per heavy atom. The van der Waals surface area contributed by atoms with Crippen molar-refractivity contribution in [1.29, 1.82) is 0 Å². The van der Waals surface area contributed by atoms with Gasteiger partial charge in [-0.05, 0) is 37.3 Å². The summed E-state index contributed by atoms with van der Waals surface area (Å²) in [5.74, 6) is 1.00. The Morgan fingerprint density at radius 3 is 2.75 bits per heavy atom. The molecule has 2 bridgehead atoms. The molecule has 0 N–H and O–H groups in total. The van der Waals surface area contributed by atoms with Gasteiger partial charge in [-0.25, -0.2) is 0 Å². The molecule has 2 nitrogen and oxygen atoms in total. The summed E-state index contributed by atoms with van der Waals surface area (Å²) in [6.45, 7) is 0.985. The third-order valence-electron chi connectivity index (χ3n) is 3.93. The molecule has 1 saturated heterocycles. The summed E-state index contributed by atoms with van der Waals surface area (Å²) in [5.41, 5.74) is 0.843. The van der Waals surface area contributed by atoms with Crippen LogP contribution >= 0.6 is 0 Å². The first-order valence-corrected chi connectivity index (χ1v) is 6.20. The second-order valence-corrected chi connectivity index (χ2v) is 5.01. The van der Waals surface area contributed by atoms with Gasteiger partial charge in [0.05, 0.1) is 0 Å².